The van der Waals surface area contributed by atoms with Gasteiger partial charge in [0.05, 0.1) is 0 Å². The molecule has 0 aromatic rings. The smallest absolute Gasteiger partial charge is 0.309 e. The minimum absolute atomic E-state index is 0.221. The Morgan fingerprint density at radius 1 is 0.706 bits per heavy atom. The van der Waals surface area contributed by atoms with Crippen molar-refractivity contribution < 1.29 is 24.6 Å². The molecule has 0 radical (unpaired) electrons. The summed E-state index contributed by atoms with van der Waals surface area (Å²) in [6.07, 6.45) is 4.53. The Morgan fingerprint density at radius 3 is 1.18 bits per heavy atom. The van der Waals surface area contributed by atoms with Crippen molar-refractivity contribution in [2.75, 3.05) is 0 Å². The van der Waals surface area contributed by atoms with E-state index in [0.29, 0.717) is 12.8 Å². The van der Waals surface area contributed by atoms with Gasteiger partial charge in [-0.15, -0.1) is 0 Å². The summed E-state index contributed by atoms with van der Waals surface area (Å²) in [7, 11) is 0. The zero-order valence-electron chi connectivity index (χ0n) is 9.72. The molecule has 0 saturated heterocycles. The topological polar surface area (TPSA) is 144 Å². The second kappa shape index (κ2) is 12.3. The van der Waals surface area contributed by atoms with E-state index in [1.165, 1.54) is 0 Å². The van der Waals surface area contributed by atoms with Crippen LogP contribution in [-0.2, 0) is 9.59 Å². The van der Waals surface area contributed by atoms with Crippen molar-refractivity contribution in [3.8, 4) is 0 Å². The Balaban J connectivity index is 0. The van der Waals surface area contributed by atoms with E-state index < -0.39 is 18.0 Å². The summed E-state index contributed by atoms with van der Waals surface area (Å²) < 4.78 is 0. The molecule has 0 atom stereocenters. The van der Waals surface area contributed by atoms with E-state index in [1.807, 2.05) is 0 Å². The van der Waals surface area contributed by atoms with Crippen LogP contribution >= 0.6 is 0 Å². The average molecular weight is 248 g/mol. The zero-order chi connectivity index (χ0) is 13.7. The lowest BCUT2D eigenvalue weighted by atomic mass is 10.1. The first-order chi connectivity index (χ1) is 7.86. The van der Waals surface area contributed by atoms with Crippen LogP contribution in [0.15, 0.2) is 0 Å². The second-order valence-electron chi connectivity index (χ2n) is 3.46. The molecule has 0 heterocycles. The van der Waals surface area contributed by atoms with E-state index in [9.17, 15) is 9.59 Å². The number of carboxylic acid groups (broad SMARTS) is 2. The highest BCUT2D eigenvalue weighted by molar-refractivity contribution is 5.69. The van der Waals surface area contributed by atoms with Gasteiger partial charge in [-0.2, -0.15) is 0 Å². The van der Waals surface area contributed by atoms with E-state index in [1.54, 1.807) is 0 Å². The number of unbranched alkanes of at least 4 members (excludes halogenated alkanes) is 4. The van der Waals surface area contributed by atoms with Crippen molar-refractivity contribution in [3.05, 3.63) is 0 Å². The number of urea groups is 1. The third kappa shape index (κ3) is 31.4. The van der Waals surface area contributed by atoms with Gasteiger partial charge in [0, 0.05) is 12.8 Å². The van der Waals surface area contributed by atoms with E-state index in [0.717, 1.165) is 19.3 Å². The molecule has 7 nitrogen and oxygen atoms in total. The lowest BCUT2D eigenvalue weighted by Crippen LogP contribution is -2.18. The maximum atomic E-state index is 10.1. The number of amides is 2. The minimum Gasteiger partial charge on any atom is -0.481 e. The van der Waals surface area contributed by atoms with Crippen LogP contribution in [-0.4, -0.2) is 28.2 Å². The number of rotatable bonds is 8. The summed E-state index contributed by atoms with van der Waals surface area (Å²) in [5.41, 5.74) is 8.50. The van der Waals surface area contributed by atoms with Gasteiger partial charge < -0.3 is 21.7 Å². The molecule has 0 aromatic heterocycles. The summed E-state index contributed by atoms with van der Waals surface area (Å²) in [6, 6.07) is -0.833. The van der Waals surface area contributed by atoms with Gasteiger partial charge in [0.15, 0.2) is 0 Å². The van der Waals surface area contributed by atoms with E-state index in [-0.39, 0.29) is 12.8 Å². The Kier molecular flexibility index (Phi) is 12.7. The quantitative estimate of drug-likeness (QED) is 0.472. The van der Waals surface area contributed by atoms with Crippen molar-refractivity contribution >= 4 is 18.0 Å². The monoisotopic (exact) mass is 248 g/mol. The number of nitrogens with two attached hydrogens (primary N) is 2. The molecule has 0 bridgehead atoms. The molecule has 100 valence electrons. The first-order valence-corrected chi connectivity index (χ1v) is 5.34. The highest BCUT2D eigenvalue weighted by Crippen LogP contribution is 2.06. The van der Waals surface area contributed by atoms with Gasteiger partial charge in [-0.25, -0.2) is 4.79 Å². The van der Waals surface area contributed by atoms with E-state index >= 15 is 0 Å². The number of carbonyl (C=O) groups is 3. The van der Waals surface area contributed by atoms with Gasteiger partial charge >= 0.3 is 18.0 Å². The molecule has 0 rings (SSSR count). The van der Waals surface area contributed by atoms with Gasteiger partial charge in [-0.05, 0) is 12.8 Å². The zero-order valence-corrected chi connectivity index (χ0v) is 9.72. The number of aliphatic carboxylic acids is 2. The Labute approximate surface area is 99.8 Å². The molecular formula is C10H20N2O5. The van der Waals surface area contributed by atoms with Crippen molar-refractivity contribution in [1.82, 2.24) is 0 Å². The standard InChI is InChI=1S/C9H16O4.CH4N2O/c10-8(11)6-4-2-1-3-5-7-9(12)13;2-1(3)4/h1-7H2,(H,10,11)(H,12,13);(H4,2,3,4). The SMILES string of the molecule is NC(N)=O.O=C(O)CCCCCCCC(=O)O. The van der Waals surface area contributed by atoms with Crippen molar-refractivity contribution in [2.45, 2.75) is 44.9 Å². The molecule has 6 N–H and O–H groups in total. The van der Waals surface area contributed by atoms with Gasteiger partial charge in [0.1, 0.15) is 0 Å². The van der Waals surface area contributed by atoms with Crippen LogP contribution in [0.4, 0.5) is 4.79 Å². The Morgan fingerprint density at radius 2 is 0.941 bits per heavy atom. The molecule has 0 spiro atoms. The van der Waals surface area contributed by atoms with Gasteiger partial charge in [0.25, 0.3) is 0 Å². The van der Waals surface area contributed by atoms with Crippen molar-refractivity contribution in [2.24, 2.45) is 11.5 Å². The number of hydrogen-bond acceptors (Lipinski definition) is 3. The molecule has 0 saturated carbocycles. The first-order valence-electron chi connectivity index (χ1n) is 5.34. The molecule has 0 aliphatic carbocycles. The average Bonchev–Trinajstić information content (AvgIpc) is 2.14. The van der Waals surface area contributed by atoms with E-state index in [4.69, 9.17) is 15.0 Å². The molecule has 0 aromatic carbocycles. The fraction of sp³-hybridized carbons (Fsp3) is 0.700. The molecular weight excluding hydrogens is 228 g/mol. The summed E-state index contributed by atoms with van der Waals surface area (Å²) in [4.78, 5) is 29.2. The van der Waals surface area contributed by atoms with Crippen LogP contribution in [0.2, 0.25) is 0 Å². The van der Waals surface area contributed by atoms with Crippen LogP contribution in [0.25, 0.3) is 0 Å². The van der Waals surface area contributed by atoms with Crippen LogP contribution < -0.4 is 11.5 Å². The van der Waals surface area contributed by atoms with Crippen molar-refractivity contribution in [3.63, 3.8) is 0 Å². The Bertz CT molecular complexity index is 221. The summed E-state index contributed by atoms with van der Waals surface area (Å²) >= 11 is 0. The fourth-order valence-corrected chi connectivity index (χ4v) is 1.08. The van der Waals surface area contributed by atoms with Gasteiger partial charge in [-0.3, -0.25) is 9.59 Å². The van der Waals surface area contributed by atoms with Gasteiger partial charge in [0.2, 0.25) is 0 Å². The minimum atomic E-state index is -0.833. The summed E-state index contributed by atoms with van der Waals surface area (Å²) in [5, 5.41) is 16.6. The molecule has 0 aliphatic heterocycles. The second-order valence-corrected chi connectivity index (χ2v) is 3.46. The first kappa shape index (κ1) is 17.6. The predicted octanol–water partition coefficient (Wildman–Crippen LogP) is 0.910. The lowest BCUT2D eigenvalue weighted by Gasteiger charge is -1.97. The molecule has 2 amide bonds. The van der Waals surface area contributed by atoms with Crippen LogP contribution in [0, 0.1) is 0 Å². The Hall–Kier alpha value is -1.79. The number of primary amides is 2. The third-order valence-corrected chi connectivity index (χ3v) is 1.78. The largest absolute Gasteiger partial charge is 0.481 e. The predicted molar refractivity (Wildman–Crippen MR) is 61.4 cm³/mol. The molecule has 0 aliphatic rings. The molecule has 0 unspecified atom stereocenters. The van der Waals surface area contributed by atoms with Gasteiger partial charge in [-0.1, -0.05) is 19.3 Å². The number of carbonyl (C=O) groups excluding carboxylic acids is 1. The lowest BCUT2D eigenvalue weighted by molar-refractivity contribution is -0.138. The third-order valence-electron chi connectivity index (χ3n) is 1.78. The summed E-state index contributed by atoms with van der Waals surface area (Å²) in [6.45, 7) is 0. The van der Waals surface area contributed by atoms with E-state index in [2.05, 4.69) is 11.5 Å². The number of hydrogen-bond donors (Lipinski definition) is 4. The highest BCUT2D eigenvalue weighted by Gasteiger charge is 1.98. The van der Waals surface area contributed by atoms with Crippen LogP contribution in [0.5, 0.6) is 0 Å². The van der Waals surface area contributed by atoms with Crippen LogP contribution in [0.1, 0.15) is 44.9 Å². The maximum absolute atomic E-state index is 10.1. The normalized spacial score (nSPS) is 8.94. The fourth-order valence-electron chi connectivity index (χ4n) is 1.08. The molecule has 7 heteroatoms. The molecule has 0 fully saturated rings. The maximum Gasteiger partial charge on any atom is 0.309 e. The van der Waals surface area contributed by atoms with Crippen LogP contribution in [0.3, 0.4) is 0 Å². The summed E-state index contributed by atoms with van der Waals surface area (Å²) in [5.74, 6) is -1.52. The number of carboxylic acids is 2. The van der Waals surface area contributed by atoms with Crippen molar-refractivity contribution in [1.29, 1.82) is 0 Å². The highest BCUT2D eigenvalue weighted by atomic mass is 16.4. The molecule has 17 heavy (non-hydrogen) atoms.